The number of hydrogen-bond acceptors (Lipinski definition) is 14. The van der Waals surface area contributed by atoms with Crippen molar-refractivity contribution in [2.75, 3.05) is 13.2 Å². The van der Waals surface area contributed by atoms with Gasteiger partial charge >= 0.3 is 17.9 Å². The fraction of sp³-hybridized carbons (Fsp3) is 0.304. The molecule has 0 amide bonds. The van der Waals surface area contributed by atoms with Gasteiger partial charge in [0, 0.05) is 4.90 Å². The third-order valence-electron chi connectivity index (χ3n) is 11.9. The Balaban J connectivity index is 1.14. The Morgan fingerprint density at radius 3 is 1.59 bits per heavy atom. The molecule has 14 heteroatoms. The number of cyclic esters (lactones) is 1. The average molecular weight is 967 g/mol. The van der Waals surface area contributed by atoms with Gasteiger partial charge in [0.1, 0.15) is 55.1 Å². The monoisotopic (exact) mass is 966 g/mol. The highest BCUT2D eigenvalue weighted by Crippen LogP contribution is 2.41. The molecule has 0 spiro atoms. The highest BCUT2D eigenvalue weighted by atomic mass is 32.2. The van der Waals surface area contributed by atoms with E-state index in [9.17, 15) is 14.4 Å². The molecule has 70 heavy (non-hydrogen) atoms. The van der Waals surface area contributed by atoms with E-state index >= 15 is 0 Å². The Labute approximate surface area is 411 Å². The summed E-state index contributed by atoms with van der Waals surface area (Å²) in [7, 11) is 0. The second-order valence-electron chi connectivity index (χ2n) is 17.0. The van der Waals surface area contributed by atoms with Gasteiger partial charge in [-0.05, 0) is 46.5 Å². The minimum Gasteiger partial charge on any atom is -0.462 e. The Hall–Kier alpha value is -6.20. The first-order chi connectivity index (χ1) is 34.4. The van der Waals surface area contributed by atoms with Crippen molar-refractivity contribution in [2.24, 2.45) is 0 Å². The van der Waals surface area contributed by atoms with Crippen molar-refractivity contribution in [1.82, 2.24) is 0 Å². The molecule has 0 aromatic heterocycles. The number of esters is 3. The van der Waals surface area contributed by atoms with E-state index < -0.39 is 84.9 Å². The molecule has 3 fully saturated rings. The Morgan fingerprint density at radius 1 is 0.514 bits per heavy atom. The van der Waals surface area contributed by atoms with Gasteiger partial charge in [-0.2, -0.15) is 0 Å². The highest BCUT2D eigenvalue weighted by molar-refractivity contribution is 7.99. The molecule has 0 radical (unpaired) electrons. The van der Waals surface area contributed by atoms with Gasteiger partial charge in [-0.3, -0.25) is 9.59 Å². The molecule has 6 aromatic carbocycles. The van der Waals surface area contributed by atoms with E-state index in [4.69, 9.17) is 47.4 Å². The van der Waals surface area contributed by atoms with Crippen LogP contribution in [0.2, 0.25) is 0 Å². The molecule has 0 unspecified atom stereocenters. The molecule has 3 aliphatic rings. The van der Waals surface area contributed by atoms with Crippen LogP contribution in [-0.4, -0.2) is 91.7 Å². The molecule has 13 nitrogen and oxygen atoms in total. The summed E-state index contributed by atoms with van der Waals surface area (Å²) in [4.78, 5) is 42.7. The summed E-state index contributed by atoms with van der Waals surface area (Å²) in [5.41, 5.74) is 2.83. The fourth-order valence-electron chi connectivity index (χ4n) is 8.48. The van der Waals surface area contributed by atoms with Crippen molar-refractivity contribution in [3.05, 3.63) is 210 Å². The maximum Gasteiger partial charge on any atom is 0.338 e. The largest absolute Gasteiger partial charge is 0.462 e. The van der Waals surface area contributed by atoms with Crippen LogP contribution >= 0.6 is 11.8 Å². The first kappa shape index (κ1) is 48.8. The Bertz CT molecular complexity index is 2540. The predicted molar refractivity (Wildman–Crippen MR) is 257 cm³/mol. The topological polar surface area (TPSA) is 144 Å². The lowest BCUT2D eigenvalue weighted by Crippen LogP contribution is -2.66. The summed E-state index contributed by atoms with van der Waals surface area (Å²) >= 11 is 1.28. The maximum absolute atomic E-state index is 14.1. The van der Waals surface area contributed by atoms with Crippen LogP contribution in [0.25, 0.3) is 0 Å². The molecule has 2 bridgehead atoms. The normalized spacial score (nSPS) is 25.8. The first-order valence-corrected chi connectivity index (χ1v) is 24.2. The lowest BCUT2D eigenvalue weighted by atomic mass is 9.96. The molecular weight excluding hydrogens is 913 g/mol. The van der Waals surface area contributed by atoms with Gasteiger partial charge in [-0.1, -0.05) is 169 Å². The molecule has 0 saturated carbocycles. The van der Waals surface area contributed by atoms with E-state index in [2.05, 4.69) is 0 Å². The van der Waals surface area contributed by atoms with Gasteiger partial charge in [0.15, 0.2) is 18.5 Å². The number of carbonyl (C=O) groups excluding carboxylic acids is 3. The number of benzene rings is 6. The number of thioether (sulfide) groups is 1. The highest BCUT2D eigenvalue weighted by Gasteiger charge is 2.56. The van der Waals surface area contributed by atoms with Crippen molar-refractivity contribution in [2.45, 2.75) is 98.3 Å². The number of rotatable bonds is 17. The third-order valence-corrected chi connectivity index (χ3v) is 13.1. The summed E-state index contributed by atoms with van der Waals surface area (Å²) in [5, 5.41) is 0. The van der Waals surface area contributed by atoms with Crippen LogP contribution in [0.15, 0.2) is 187 Å². The Morgan fingerprint density at radius 2 is 1.01 bits per heavy atom. The van der Waals surface area contributed by atoms with Gasteiger partial charge in [-0.15, -0.1) is 0 Å². The smallest absolute Gasteiger partial charge is 0.338 e. The lowest BCUT2D eigenvalue weighted by molar-refractivity contribution is -0.355. The zero-order valence-electron chi connectivity index (χ0n) is 38.3. The number of fused-ring (bicyclic) bond motifs is 3. The summed E-state index contributed by atoms with van der Waals surface area (Å²) in [6.07, 6.45) is -10.9. The van der Waals surface area contributed by atoms with E-state index in [-0.39, 0.29) is 45.2 Å². The molecule has 3 aliphatic heterocycles. The van der Waals surface area contributed by atoms with Crippen molar-refractivity contribution < 1.29 is 61.8 Å². The van der Waals surface area contributed by atoms with Crippen LogP contribution in [0.5, 0.6) is 0 Å². The number of carbonyl (C=O) groups is 3. The quantitative estimate of drug-likeness (QED) is 0.0489. The summed E-state index contributed by atoms with van der Waals surface area (Å²) < 4.78 is 66.5. The molecule has 6 aromatic rings. The van der Waals surface area contributed by atoms with Gasteiger partial charge in [0.2, 0.25) is 0 Å². The first-order valence-electron chi connectivity index (χ1n) is 23.3. The van der Waals surface area contributed by atoms with Crippen molar-refractivity contribution >= 4 is 29.7 Å². The van der Waals surface area contributed by atoms with Crippen LogP contribution < -0.4 is 0 Å². The average Bonchev–Trinajstić information content (AvgIpc) is 3.39. The van der Waals surface area contributed by atoms with Crippen LogP contribution in [-0.2, 0) is 83.4 Å². The van der Waals surface area contributed by atoms with E-state index in [1.54, 1.807) is 30.3 Å². The number of ether oxygens (including phenoxy) is 10. The molecule has 362 valence electrons. The van der Waals surface area contributed by atoms with E-state index in [1.807, 2.05) is 152 Å². The second kappa shape index (κ2) is 24.6. The SMILES string of the molecule is O=C1CC(=O)O[C@H]2[C@@H](O[C@@H]3O[C@H](CO1)[C@@H](OCc1ccccc1)[C@H](OCc1ccccc1)[C@@H]3OCc1ccccc1)[C@@H](COCc1ccccc1)O[C@@H](Sc1ccccc1)[C@@H]2OC(=O)c1ccccc1. The molecule has 0 N–H and O–H groups in total. The minimum atomic E-state index is -1.40. The predicted octanol–water partition coefficient (Wildman–Crippen LogP) is 8.67. The van der Waals surface area contributed by atoms with E-state index in [0.717, 1.165) is 27.1 Å². The van der Waals surface area contributed by atoms with E-state index in [1.165, 1.54) is 11.8 Å². The molecular formula is C56H54O13S. The van der Waals surface area contributed by atoms with E-state index in [0.29, 0.717) is 0 Å². The standard InChI is InChI=1S/C56H54O13S/c57-46-31-47(58)67-51-49(44(36-60-32-38-19-7-1-8-20-38)66-56(70-43-29-17-6-18-30-43)53(51)68-54(59)42-27-15-5-16-28-42)69-55-52(64-35-41-25-13-4-14-26-41)50(63-34-40-23-11-3-12-24-40)48(45(65-55)37-61-46)62-33-39-21-9-2-10-22-39/h1-30,44-45,48-53,55-56H,31-37H2/t44-,45-,48-,49+,50+,51+,52+,53-,55+,56+/m1/s1. The van der Waals surface area contributed by atoms with Crippen LogP contribution in [0, 0.1) is 0 Å². The van der Waals surface area contributed by atoms with Crippen LogP contribution in [0.1, 0.15) is 39.0 Å². The summed E-state index contributed by atoms with van der Waals surface area (Å²) in [6.45, 7) is 0.239. The minimum absolute atomic E-state index is 0.0662. The molecule has 9 rings (SSSR count). The molecule has 3 heterocycles. The summed E-state index contributed by atoms with van der Waals surface area (Å²) in [6, 6.07) is 56.5. The van der Waals surface area contributed by atoms with Crippen molar-refractivity contribution in [1.29, 1.82) is 0 Å². The molecule has 0 aliphatic carbocycles. The zero-order chi connectivity index (χ0) is 47.9. The van der Waals surface area contributed by atoms with Gasteiger partial charge < -0.3 is 47.4 Å². The third kappa shape index (κ3) is 13.2. The molecule has 3 saturated heterocycles. The van der Waals surface area contributed by atoms with Gasteiger partial charge in [0.05, 0.1) is 38.6 Å². The summed E-state index contributed by atoms with van der Waals surface area (Å²) in [5.74, 6) is -2.49. The van der Waals surface area contributed by atoms with Crippen molar-refractivity contribution in [3.63, 3.8) is 0 Å². The zero-order valence-corrected chi connectivity index (χ0v) is 39.1. The maximum atomic E-state index is 14.1. The lowest BCUT2D eigenvalue weighted by Gasteiger charge is -2.50. The number of hydrogen-bond donors (Lipinski definition) is 0. The van der Waals surface area contributed by atoms with Crippen LogP contribution in [0.3, 0.4) is 0 Å². The fourth-order valence-corrected chi connectivity index (χ4v) is 9.60. The van der Waals surface area contributed by atoms with Gasteiger partial charge in [-0.25, -0.2) is 4.79 Å². The Kier molecular flexibility index (Phi) is 17.1. The van der Waals surface area contributed by atoms with Crippen molar-refractivity contribution in [3.8, 4) is 0 Å². The van der Waals surface area contributed by atoms with Gasteiger partial charge in [0.25, 0.3) is 0 Å². The molecule has 10 atom stereocenters. The second-order valence-corrected chi connectivity index (χ2v) is 18.1. The van der Waals surface area contributed by atoms with Crippen LogP contribution in [0.4, 0.5) is 0 Å².